The Hall–Kier alpha value is 1.06. The molecule has 2 rings (SSSR count). The lowest BCUT2D eigenvalue weighted by Crippen LogP contribution is -1.63. The lowest BCUT2D eigenvalue weighted by Gasteiger charge is -1.88. The van der Waals surface area contributed by atoms with Gasteiger partial charge in [0.15, 0.2) is 0 Å². The molecule has 0 aromatic carbocycles. The fourth-order valence-corrected chi connectivity index (χ4v) is 6.07. The molecule has 6 heteroatoms. The molecular weight excluding hydrogens is 504 g/mol. The van der Waals surface area contributed by atoms with Crippen molar-refractivity contribution in [3.63, 3.8) is 0 Å². The lowest BCUT2D eigenvalue weighted by molar-refractivity contribution is 1.80. The topological polar surface area (TPSA) is 0 Å². The average molecular weight is 508 g/mol. The van der Waals surface area contributed by atoms with E-state index < -0.39 is 0 Å². The number of hydrogen-bond acceptors (Lipinski definition) is 2. The van der Waals surface area contributed by atoms with Crippen LogP contribution in [-0.2, 0) is 0 Å². The molecule has 0 nitrogen and oxygen atoms in total. The SMILES string of the molecule is Brc1cc(Br)c(/C=C\c2sc(Br)cc2Br)s1. The molecule has 2 aromatic heterocycles. The zero-order valence-corrected chi connectivity index (χ0v) is 15.6. The Balaban J connectivity index is 2.27. The molecule has 0 saturated carbocycles. The zero-order valence-electron chi connectivity index (χ0n) is 7.64. The van der Waals surface area contributed by atoms with Crippen molar-refractivity contribution in [3.8, 4) is 0 Å². The van der Waals surface area contributed by atoms with E-state index in [1.165, 1.54) is 9.75 Å². The first-order chi connectivity index (χ1) is 7.56. The summed E-state index contributed by atoms with van der Waals surface area (Å²) in [5.41, 5.74) is 0. The van der Waals surface area contributed by atoms with E-state index in [2.05, 4.69) is 88.0 Å². The molecular formula is C10H4Br4S2. The Morgan fingerprint density at radius 2 is 1.12 bits per heavy atom. The third kappa shape index (κ3) is 3.29. The molecule has 0 bridgehead atoms. The molecule has 0 aliphatic rings. The van der Waals surface area contributed by atoms with Crippen molar-refractivity contribution < 1.29 is 0 Å². The van der Waals surface area contributed by atoms with Gasteiger partial charge in [-0.25, -0.2) is 0 Å². The Morgan fingerprint density at radius 3 is 1.38 bits per heavy atom. The summed E-state index contributed by atoms with van der Waals surface area (Å²) >= 11 is 17.4. The summed E-state index contributed by atoms with van der Waals surface area (Å²) in [6, 6.07) is 4.12. The van der Waals surface area contributed by atoms with Crippen LogP contribution in [0.25, 0.3) is 12.2 Å². The van der Waals surface area contributed by atoms with Crippen molar-refractivity contribution in [2.75, 3.05) is 0 Å². The van der Waals surface area contributed by atoms with Crippen molar-refractivity contribution in [1.82, 2.24) is 0 Å². The molecule has 0 amide bonds. The number of hydrogen-bond donors (Lipinski definition) is 0. The lowest BCUT2D eigenvalue weighted by atomic mass is 10.3. The van der Waals surface area contributed by atoms with Gasteiger partial charge in [-0.2, -0.15) is 0 Å². The minimum absolute atomic E-state index is 1.12. The number of halogens is 4. The standard InChI is InChI=1S/C10H4Br4S2/c11-5-3-9(13)15-7(5)1-2-8-6(12)4-10(14)16-8/h1-4H/b2-1-. The van der Waals surface area contributed by atoms with Crippen LogP contribution in [0.3, 0.4) is 0 Å². The van der Waals surface area contributed by atoms with E-state index in [4.69, 9.17) is 0 Å². The second kappa shape index (κ2) is 5.80. The van der Waals surface area contributed by atoms with Crippen LogP contribution in [-0.4, -0.2) is 0 Å². The Kier molecular flexibility index (Phi) is 4.89. The first-order valence-electron chi connectivity index (χ1n) is 4.14. The van der Waals surface area contributed by atoms with E-state index in [0.717, 1.165) is 16.5 Å². The van der Waals surface area contributed by atoms with Crippen LogP contribution in [0.1, 0.15) is 9.75 Å². The van der Waals surface area contributed by atoms with Gasteiger partial charge in [0.05, 0.1) is 7.57 Å². The number of thiophene rings is 2. The summed E-state index contributed by atoms with van der Waals surface area (Å²) in [6.07, 6.45) is 4.23. The molecule has 2 aromatic rings. The van der Waals surface area contributed by atoms with Crippen LogP contribution < -0.4 is 0 Å². The quantitative estimate of drug-likeness (QED) is 0.409. The first kappa shape index (κ1) is 13.5. The number of rotatable bonds is 2. The molecule has 0 N–H and O–H groups in total. The van der Waals surface area contributed by atoms with Gasteiger partial charge in [-0.05, 0) is 88.0 Å². The van der Waals surface area contributed by atoms with E-state index in [1.54, 1.807) is 22.7 Å². The van der Waals surface area contributed by atoms with Crippen LogP contribution in [0, 0.1) is 0 Å². The molecule has 0 aliphatic heterocycles. The fourth-order valence-electron chi connectivity index (χ4n) is 1.09. The summed E-state index contributed by atoms with van der Waals surface area (Å²) < 4.78 is 4.50. The van der Waals surface area contributed by atoms with E-state index in [-0.39, 0.29) is 0 Å². The minimum atomic E-state index is 1.12. The van der Waals surface area contributed by atoms with Gasteiger partial charge < -0.3 is 0 Å². The fraction of sp³-hybridized carbons (Fsp3) is 0. The van der Waals surface area contributed by atoms with Gasteiger partial charge in [-0.3, -0.25) is 0 Å². The maximum atomic E-state index is 3.53. The average Bonchev–Trinajstić information content (AvgIpc) is 2.66. The highest BCUT2D eigenvalue weighted by atomic mass is 79.9. The van der Waals surface area contributed by atoms with Crippen molar-refractivity contribution in [2.24, 2.45) is 0 Å². The molecule has 0 unspecified atom stereocenters. The molecule has 0 radical (unpaired) electrons. The second-order valence-corrected chi connectivity index (χ2v) is 9.49. The molecule has 2 heterocycles. The van der Waals surface area contributed by atoms with Gasteiger partial charge in [-0.15, -0.1) is 22.7 Å². The van der Waals surface area contributed by atoms with Gasteiger partial charge in [0, 0.05) is 18.7 Å². The van der Waals surface area contributed by atoms with Crippen LogP contribution in [0.5, 0.6) is 0 Å². The molecule has 16 heavy (non-hydrogen) atoms. The highest BCUT2D eigenvalue weighted by Gasteiger charge is 2.04. The largest absolute Gasteiger partial charge is 0.128 e. The minimum Gasteiger partial charge on any atom is -0.128 e. The molecule has 0 saturated heterocycles. The molecule has 0 aliphatic carbocycles. The molecule has 0 fully saturated rings. The molecule has 84 valence electrons. The summed E-state index contributed by atoms with van der Waals surface area (Å²) in [7, 11) is 0. The van der Waals surface area contributed by atoms with Crippen molar-refractivity contribution in [3.05, 3.63) is 38.4 Å². The molecule has 0 spiro atoms. The van der Waals surface area contributed by atoms with E-state index in [0.29, 0.717) is 0 Å². The highest BCUT2D eigenvalue weighted by molar-refractivity contribution is 9.12. The maximum Gasteiger partial charge on any atom is 0.0716 e. The third-order valence-corrected chi connectivity index (χ3v) is 6.80. The molecule has 0 atom stereocenters. The predicted octanol–water partition coefficient (Wildman–Crippen LogP) is 7.03. The summed E-state index contributed by atoms with van der Waals surface area (Å²) in [4.78, 5) is 2.42. The monoisotopic (exact) mass is 504 g/mol. The summed E-state index contributed by atoms with van der Waals surface area (Å²) in [5, 5.41) is 0. The summed E-state index contributed by atoms with van der Waals surface area (Å²) in [6.45, 7) is 0. The second-order valence-electron chi connectivity index (χ2n) is 2.86. The Bertz CT molecular complexity index is 491. The Morgan fingerprint density at radius 1 is 0.750 bits per heavy atom. The van der Waals surface area contributed by atoms with Gasteiger partial charge in [0.1, 0.15) is 0 Å². The van der Waals surface area contributed by atoms with E-state index in [9.17, 15) is 0 Å². The van der Waals surface area contributed by atoms with Crippen molar-refractivity contribution in [2.45, 2.75) is 0 Å². The van der Waals surface area contributed by atoms with Gasteiger partial charge in [-0.1, -0.05) is 0 Å². The van der Waals surface area contributed by atoms with Crippen molar-refractivity contribution >= 4 is 98.5 Å². The normalized spacial score (nSPS) is 11.5. The van der Waals surface area contributed by atoms with Crippen molar-refractivity contribution in [1.29, 1.82) is 0 Å². The van der Waals surface area contributed by atoms with Gasteiger partial charge in [0.2, 0.25) is 0 Å². The van der Waals surface area contributed by atoms with Gasteiger partial charge in [0.25, 0.3) is 0 Å². The van der Waals surface area contributed by atoms with Crippen LogP contribution in [0.2, 0.25) is 0 Å². The smallest absolute Gasteiger partial charge is 0.0716 e. The van der Waals surface area contributed by atoms with Gasteiger partial charge >= 0.3 is 0 Å². The zero-order chi connectivity index (χ0) is 11.7. The first-order valence-corrected chi connectivity index (χ1v) is 8.94. The third-order valence-electron chi connectivity index (χ3n) is 1.75. The van der Waals surface area contributed by atoms with E-state index in [1.807, 2.05) is 0 Å². The van der Waals surface area contributed by atoms with Crippen LogP contribution >= 0.6 is 86.4 Å². The van der Waals surface area contributed by atoms with Crippen LogP contribution in [0.15, 0.2) is 28.7 Å². The maximum absolute atomic E-state index is 3.53. The highest BCUT2D eigenvalue weighted by Crippen LogP contribution is 2.35. The van der Waals surface area contributed by atoms with E-state index >= 15 is 0 Å². The Labute approximate surface area is 135 Å². The predicted molar refractivity (Wildman–Crippen MR) is 88.4 cm³/mol. The summed E-state index contributed by atoms with van der Waals surface area (Å²) in [5.74, 6) is 0. The van der Waals surface area contributed by atoms with Crippen LogP contribution in [0.4, 0.5) is 0 Å².